The summed E-state index contributed by atoms with van der Waals surface area (Å²) < 4.78 is 13.8. The van der Waals surface area contributed by atoms with Crippen molar-refractivity contribution in [2.45, 2.75) is 51.5 Å². The van der Waals surface area contributed by atoms with E-state index in [-0.39, 0.29) is 17.3 Å². The van der Waals surface area contributed by atoms with Gasteiger partial charge >= 0.3 is 0 Å². The molecule has 16 heavy (non-hydrogen) atoms. The van der Waals surface area contributed by atoms with Crippen LogP contribution in [0.3, 0.4) is 0 Å². The van der Waals surface area contributed by atoms with Gasteiger partial charge in [-0.2, -0.15) is 0 Å². The monoisotopic (exact) mass is 221 g/mol. The van der Waals surface area contributed by atoms with Gasteiger partial charge in [0.05, 0.1) is 0 Å². The maximum absolute atomic E-state index is 13.8. The van der Waals surface area contributed by atoms with Gasteiger partial charge in [-0.15, -0.1) is 0 Å². The lowest BCUT2D eigenvalue weighted by Crippen LogP contribution is -2.44. The van der Waals surface area contributed by atoms with Gasteiger partial charge in [-0.3, -0.25) is 0 Å². The molecule has 2 rings (SSSR count). The van der Waals surface area contributed by atoms with Gasteiger partial charge in [0.15, 0.2) is 0 Å². The molecular formula is C14H20FN. The van der Waals surface area contributed by atoms with Crippen molar-refractivity contribution in [3.63, 3.8) is 0 Å². The van der Waals surface area contributed by atoms with Crippen LogP contribution in [0.1, 0.15) is 55.7 Å². The quantitative estimate of drug-likeness (QED) is 0.811. The fourth-order valence-electron chi connectivity index (χ4n) is 2.50. The average molecular weight is 221 g/mol. The molecule has 0 aliphatic heterocycles. The first-order valence-electron chi connectivity index (χ1n) is 6.03. The Bertz CT molecular complexity index is 405. The third kappa shape index (κ3) is 1.75. The van der Waals surface area contributed by atoms with Gasteiger partial charge in [-0.05, 0) is 54.9 Å². The van der Waals surface area contributed by atoms with E-state index in [1.165, 1.54) is 6.42 Å². The van der Waals surface area contributed by atoms with E-state index in [0.717, 1.165) is 29.5 Å². The predicted octanol–water partition coefficient (Wildman–Crippen LogP) is 3.60. The first kappa shape index (κ1) is 11.6. The average Bonchev–Trinajstić information content (AvgIpc) is 2.13. The Morgan fingerprint density at radius 1 is 1.31 bits per heavy atom. The van der Waals surface area contributed by atoms with Crippen molar-refractivity contribution in [3.05, 3.63) is 34.6 Å². The minimum atomic E-state index is -0.193. The molecule has 1 aromatic rings. The van der Waals surface area contributed by atoms with Crippen LogP contribution in [-0.4, -0.2) is 0 Å². The third-order valence-electron chi connectivity index (χ3n) is 3.75. The first-order valence-corrected chi connectivity index (χ1v) is 6.03. The summed E-state index contributed by atoms with van der Waals surface area (Å²) in [6.07, 6.45) is 3.23. The van der Waals surface area contributed by atoms with Crippen LogP contribution in [0.4, 0.5) is 4.39 Å². The molecule has 1 aliphatic rings. The standard InChI is InChI=1S/C14H20FN/c1-9(2)11-8-12(10(3)7-13(11)15)14(16)5-4-6-14/h7-9H,4-6,16H2,1-3H3. The van der Waals surface area contributed by atoms with Crippen molar-refractivity contribution < 1.29 is 4.39 Å². The summed E-state index contributed by atoms with van der Waals surface area (Å²) in [5.41, 5.74) is 9.05. The lowest BCUT2D eigenvalue weighted by Gasteiger charge is -2.40. The summed E-state index contributed by atoms with van der Waals surface area (Å²) in [6.45, 7) is 5.98. The van der Waals surface area contributed by atoms with Crippen molar-refractivity contribution in [3.8, 4) is 0 Å². The SMILES string of the molecule is Cc1cc(F)c(C(C)C)cc1C1(N)CCC1. The molecule has 0 spiro atoms. The van der Waals surface area contributed by atoms with Gasteiger partial charge in [0.25, 0.3) is 0 Å². The first-order chi connectivity index (χ1) is 7.44. The molecule has 1 aliphatic carbocycles. The highest BCUT2D eigenvalue weighted by atomic mass is 19.1. The van der Waals surface area contributed by atoms with Crippen molar-refractivity contribution >= 4 is 0 Å². The molecule has 2 heteroatoms. The van der Waals surface area contributed by atoms with E-state index >= 15 is 0 Å². The third-order valence-corrected chi connectivity index (χ3v) is 3.75. The molecule has 0 aromatic heterocycles. The Kier molecular flexibility index (Phi) is 2.79. The van der Waals surface area contributed by atoms with Crippen LogP contribution in [0.15, 0.2) is 12.1 Å². The summed E-state index contributed by atoms with van der Waals surface area (Å²) in [4.78, 5) is 0. The number of benzene rings is 1. The van der Waals surface area contributed by atoms with Crippen molar-refractivity contribution in [1.82, 2.24) is 0 Å². The molecule has 88 valence electrons. The van der Waals surface area contributed by atoms with E-state index in [4.69, 9.17) is 5.73 Å². The second-order valence-corrected chi connectivity index (χ2v) is 5.35. The normalized spacial score (nSPS) is 18.6. The summed E-state index contributed by atoms with van der Waals surface area (Å²) in [7, 11) is 0. The van der Waals surface area contributed by atoms with Crippen molar-refractivity contribution in [1.29, 1.82) is 0 Å². The predicted molar refractivity (Wildman–Crippen MR) is 64.9 cm³/mol. The van der Waals surface area contributed by atoms with Crippen LogP contribution in [0.25, 0.3) is 0 Å². The van der Waals surface area contributed by atoms with Crippen LogP contribution in [-0.2, 0) is 5.54 Å². The lowest BCUT2D eigenvalue weighted by molar-refractivity contribution is 0.252. The molecule has 0 atom stereocenters. The van der Waals surface area contributed by atoms with Gasteiger partial charge in [0, 0.05) is 5.54 Å². The van der Waals surface area contributed by atoms with Gasteiger partial charge in [0.1, 0.15) is 5.82 Å². The molecule has 0 unspecified atom stereocenters. The van der Waals surface area contributed by atoms with E-state index in [9.17, 15) is 4.39 Å². The fraction of sp³-hybridized carbons (Fsp3) is 0.571. The maximum Gasteiger partial charge on any atom is 0.126 e. The second-order valence-electron chi connectivity index (χ2n) is 5.35. The fourth-order valence-corrected chi connectivity index (χ4v) is 2.50. The Hall–Kier alpha value is -0.890. The van der Waals surface area contributed by atoms with E-state index < -0.39 is 0 Å². The summed E-state index contributed by atoms with van der Waals surface area (Å²) >= 11 is 0. The summed E-state index contributed by atoms with van der Waals surface area (Å²) in [5.74, 6) is 0.113. The number of rotatable bonds is 2. The molecule has 1 fully saturated rings. The molecular weight excluding hydrogens is 201 g/mol. The van der Waals surface area contributed by atoms with Crippen molar-refractivity contribution in [2.75, 3.05) is 0 Å². The molecule has 0 radical (unpaired) electrons. The highest BCUT2D eigenvalue weighted by Gasteiger charge is 2.36. The minimum absolute atomic E-state index is 0.0980. The minimum Gasteiger partial charge on any atom is -0.321 e. The second kappa shape index (κ2) is 3.85. The Morgan fingerprint density at radius 2 is 1.94 bits per heavy atom. The van der Waals surface area contributed by atoms with E-state index in [1.807, 2.05) is 26.8 Å². The van der Waals surface area contributed by atoms with Gasteiger partial charge in [-0.25, -0.2) is 4.39 Å². The molecule has 0 heterocycles. The molecule has 0 bridgehead atoms. The number of nitrogens with two attached hydrogens (primary N) is 1. The smallest absolute Gasteiger partial charge is 0.126 e. The zero-order chi connectivity index (χ0) is 11.9. The highest BCUT2D eigenvalue weighted by molar-refractivity contribution is 5.39. The molecule has 1 saturated carbocycles. The van der Waals surface area contributed by atoms with Gasteiger partial charge < -0.3 is 5.73 Å². The van der Waals surface area contributed by atoms with Crippen LogP contribution in [0.2, 0.25) is 0 Å². The van der Waals surface area contributed by atoms with Gasteiger partial charge in [-0.1, -0.05) is 19.9 Å². The number of hydrogen-bond acceptors (Lipinski definition) is 1. The van der Waals surface area contributed by atoms with Crippen LogP contribution in [0, 0.1) is 12.7 Å². The molecule has 1 aromatic carbocycles. The molecule has 2 N–H and O–H groups in total. The molecule has 1 nitrogen and oxygen atoms in total. The van der Waals surface area contributed by atoms with E-state index in [0.29, 0.717) is 0 Å². The number of halogens is 1. The lowest BCUT2D eigenvalue weighted by atomic mass is 9.71. The van der Waals surface area contributed by atoms with Crippen LogP contribution >= 0.6 is 0 Å². The number of hydrogen-bond donors (Lipinski definition) is 1. The summed E-state index contributed by atoms with van der Waals surface area (Å²) in [6, 6.07) is 3.62. The van der Waals surface area contributed by atoms with Crippen LogP contribution < -0.4 is 5.73 Å². The maximum atomic E-state index is 13.8. The molecule has 0 saturated heterocycles. The highest BCUT2D eigenvalue weighted by Crippen LogP contribution is 2.41. The van der Waals surface area contributed by atoms with Crippen molar-refractivity contribution in [2.24, 2.45) is 5.73 Å². The summed E-state index contributed by atoms with van der Waals surface area (Å²) in [5, 5.41) is 0. The Labute approximate surface area is 96.9 Å². The largest absolute Gasteiger partial charge is 0.321 e. The number of aryl methyl sites for hydroxylation is 1. The van der Waals surface area contributed by atoms with E-state index in [1.54, 1.807) is 6.07 Å². The Morgan fingerprint density at radius 3 is 2.38 bits per heavy atom. The van der Waals surface area contributed by atoms with Crippen LogP contribution in [0.5, 0.6) is 0 Å². The topological polar surface area (TPSA) is 26.0 Å². The van der Waals surface area contributed by atoms with Gasteiger partial charge in [0.2, 0.25) is 0 Å². The van der Waals surface area contributed by atoms with E-state index in [2.05, 4.69) is 0 Å². The zero-order valence-corrected chi connectivity index (χ0v) is 10.3. The molecule has 0 amide bonds. The Balaban J connectivity index is 2.49. The zero-order valence-electron chi connectivity index (χ0n) is 10.3.